The van der Waals surface area contributed by atoms with Crippen LogP contribution in [0.1, 0.15) is 33.1 Å². The normalized spacial score (nSPS) is 15.6. The quantitative estimate of drug-likeness (QED) is 0.479. The third-order valence-electron chi connectivity index (χ3n) is 5.68. The number of benzene rings is 2. The van der Waals surface area contributed by atoms with Gasteiger partial charge in [-0.15, -0.1) is 0 Å². The Bertz CT molecular complexity index is 1330. The number of aryl methyl sites for hydroxylation is 1. The van der Waals surface area contributed by atoms with Crippen LogP contribution in [0.15, 0.2) is 59.3 Å². The molecule has 2 aromatic heterocycles. The molecule has 0 N–H and O–H groups in total. The molecule has 0 aliphatic carbocycles. The van der Waals surface area contributed by atoms with E-state index in [2.05, 4.69) is 10.3 Å². The second-order valence-electron chi connectivity index (χ2n) is 7.65. The van der Waals surface area contributed by atoms with Gasteiger partial charge in [0, 0.05) is 43.8 Å². The van der Waals surface area contributed by atoms with Gasteiger partial charge in [-0.05, 0) is 23.3 Å². The van der Waals surface area contributed by atoms with Gasteiger partial charge in [0.05, 0.1) is 11.8 Å². The molecule has 0 saturated heterocycles. The Morgan fingerprint density at radius 3 is 2.66 bits per heavy atom. The summed E-state index contributed by atoms with van der Waals surface area (Å²) >= 11 is 0. The molecule has 3 heterocycles. The van der Waals surface area contributed by atoms with Crippen molar-refractivity contribution >= 4 is 5.91 Å². The van der Waals surface area contributed by atoms with E-state index in [1.807, 2.05) is 24.3 Å². The first-order valence-electron chi connectivity index (χ1n) is 9.89. The zero-order chi connectivity index (χ0) is 22.4. The highest BCUT2D eigenvalue weighted by atomic mass is 19.1. The number of hydrogen-bond donors (Lipinski definition) is 0. The average Bonchev–Trinajstić information content (AvgIpc) is 3.40. The van der Waals surface area contributed by atoms with Gasteiger partial charge in [0.25, 0.3) is 5.91 Å². The van der Waals surface area contributed by atoms with Gasteiger partial charge in [-0.2, -0.15) is 9.49 Å². The van der Waals surface area contributed by atoms with Crippen LogP contribution in [0.5, 0.6) is 0 Å². The maximum absolute atomic E-state index is 14.7. The zero-order valence-corrected chi connectivity index (χ0v) is 16.9. The number of halogens is 3. The summed E-state index contributed by atoms with van der Waals surface area (Å²) in [4.78, 5) is 14.7. The Kier molecular flexibility index (Phi) is 4.80. The molecule has 1 amide bonds. The molecule has 9 heteroatoms. The summed E-state index contributed by atoms with van der Waals surface area (Å²) in [6.45, 7) is 0.520. The maximum atomic E-state index is 14.7. The first-order chi connectivity index (χ1) is 15.4. The lowest BCUT2D eigenvalue weighted by molar-refractivity contribution is 0.0713. The van der Waals surface area contributed by atoms with E-state index < -0.39 is 29.4 Å². The Morgan fingerprint density at radius 2 is 1.91 bits per heavy atom. The summed E-state index contributed by atoms with van der Waals surface area (Å²) in [6, 6.07) is 11.9. The van der Waals surface area contributed by atoms with Gasteiger partial charge in [0.15, 0.2) is 11.5 Å². The minimum Gasteiger partial charge on any atom is -0.355 e. The zero-order valence-electron chi connectivity index (χ0n) is 16.9. The Morgan fingerprint density at radius 1 is 1.09 bits per heavy atom. The molecular weight excluding hydrogens is 421 g/mol. The number of hydrogen-bond acceptors (Lipinski definition) is 4. The van der Waals surface area contributed by atoms with Gasteiger partial charge in [0.2, 0.25) is 5.95 Å². The van der Waals surface area contributed by atoms with Crippen molar-refractivity contribution in [2.24, 2.45) is 7.05 Å². The minimum absolute atomic E-state index is 0.00255. The van der Waals surface area contributed by atoms with Crippen molar-refractivity contribution < 1.29 is 22.5 Å². The summed E-state index contributed by atoms with van der Waals surface area (Å²) in [5, 5.41) is 7.78. The van der Waals surface area contributed by atoms with E-state index in [-0.39, 0.29) is 23.6 Å². The summed E-state index contributed by atoms with van der Waals surface area (Å²) in [6.07, 6.45) is 1.47. The fourth-order valence-corrected chi connectivity index (χ4v) is 4.06. The van der Waals surface area contributed by atoms with Crippen LogP contribution in [0.2, 0.25) is 0 Å². The predicted molar refractivity (Wildman–Crippen MR) is 108 cm³/mol. The molecule has 2 aromatic carbocycles. The SMILES string of the molecule is Cn1ncc(C2CN(C(=O)c3cc(-c4ccc(F)cc4F)on3)Cc3ccccc32)c1F. The van der Waals surface area contributed by atoms with E-state index in [9.17, 15) is 18.0 Å². The van der Waals surface area contributed by atoms with Crippen molar-refractivity contribution in [1.82, 2.24) is 19.8 Å². The van der Waals surface area contributed by atoms with Crippen molar-refractivity contribution in [3.63, 3.8) is 0 Å². The highest BCUT2D eigenvalue weighted by molar-refractivity contribution is 5.93. The number of fused-ring (bicyclic) bond motifs is 1. The van der Waals surface area contributed by atoms with Gasteiger partial charge in [-0.1, -0.05) is 29.4 Å². The van der Waals surface area contributed by atoms with E-state index in [0.29, 0.717) is 12.1 Å². The summed E-state index contributed by atoms with van der Waals surface area (Å²) < 4.78 is 48.2. The van der Waals surface area contributed by atoms with Crippen LogP contribution in [0.4, 0.5) is 13.2 Å². The highest BCUT2D eigenvalue weighted by Crippen LogP contribution is 2.35. The van der Waals surface area contributed by atoms with Gasteiger partial charge in [-0.25, -0.2) is 13.5 Å². The largest absolute Gasteiger partial charge is 0.355 e. The topological polar surface area (TPSA) is 64.2 Å². The van der Waals surface area contributed by atoms with Gasteiger partial charge in [0.1, 0.15) is 11.6 Å². The summed E-state index contributed by atoms with van der Waals surface area (Å²) in [7, 11) is 1.52. The fraction of sp³-hybridized carbons (Fsp3) is 0.174. The summed E-state index contributed by atoms with van der Waals surface area (Å²) in [5.41, 5.74) is 2.18. The second-order valence-corrected chi connectivity index (χ2v) is 7.65. The van der Waals surface area contributed by atoms with E-state index in [4.69, 9.17) is 4.52 Å². The first kappa shape index (κ1) is 20.0. The van der Waals surface area contributed by atoms with Gasteiger partial charge in [-0.3, -0.25) is 4.79 Å². The van der Waals surface area contributed by atoms with Crippen molar-refractivity contribution in [1.29, 1.82) is 0 Å². The van der Waals surface area contributed by atoms with Crippen molar-refractivity contribution in [2.75, 3.05) is 6.54 Å². The lowest BCUT2D eigenvalue weighted by Gasteiger charge is -2.34. The summed E-state index contributed by atoms with van der Waals surface area (Å²) in [5.74, 6) is -2.83. The number of rotatable bonds is 3. The van der Waals surface area contributed by atoms with E-state index >= 15 is 0 Å². The predicted octanol–water partition coefficient (Wildman–Crippen LogP) is 4.28. The molecule has 4 aromatic rings. The molecule has 5 rings (SSSR count). The molecule has 1 aliphatic heterocycles. The van der Waals surface area contributed by atoms with Crippen LogP contribution < -0.4 is 0 Å². The molecule has 1 aliphatic rings. The molecule has 0 bridgehead atoms. The van der Waals surface area contributed by atoms with Gasteiger partial charge >= 0.3 is 0 Å². The third-order valence-corrected chi connectivity index (χ3v) is 5.68. The van der Waals surface area contributed by atoms with Crippen molar-refractivity contribution in [3.8, 4) is 11.3 Å². The molecule has 6 nitrogen and oxygen atoms in total. The molecule has 1 atom stereocenters. The van der Waals surface area contributed by atoms with Crippen LogP contribution >= 0.6 is 0 Å². The Balaban J connectivity index is 1.47. The number of carbonyl (C=O) groups is 1. The molecular formula is C23H17F3N4O2. The van der Waals surface area contributed by atoms with Gasteiger partial charge < -0.3 is 9.42 Å². The monoisotopic (exact) mass is 438 g/mol. The lowest BCUT2D eigenvalue weighted by Crippen LogP contribution is -2.39. The van der Waals surface area contributed by atoms with Crippen LogP contribution in [-0.4, -0.2) is 32.3 Å². The molecule has 162 valence electrons. The lowest BCUT2D eigenvalue weighted by atomic mass is 9.85. The fourth-order valence-electron chi connectivity index (χ4n) is 4.06. The molecule has 1 unspecified atom stereocenters. The second kappa shape index (κ2) is 7.67. The molecule has 0 fully saturated rings. The smallest absolute Gasteiger partial charge is 0.276 e. The number of aromatic nitrogens is 3. The molecule has 0 saturated carbocycles. The number of amides is 1. The van der Waals surface area contributed by atoms with E-state index in [1.165, 1.54) is 25.4 Å². The maximum Gasteiger partial charge on any atom is 0.276 e. The van der Waals surface area contributed by atoms with E-state index in [1.54, 1.807) is 4.90 Å². The van der Waals surface area contributed by atoms with E-state index in [0.717, 1.165) is 27.9 Å². The average molecular weight is 438 g/mol. The third kappa shape index (κ3) is 3.35. The van der Waals surface area contributed by atoms with Crippen LogP contribution in [-0.2, 0) is 13.6 Å². The van der Waals surface area contributed by atoms with Crippen LogP contribution in [0.25, 0.3) is 11.3 Å². The van der Waals surface area contributed by atoms with Crippen LogP contribution in [0.3, 0.4) is 0 Å². The minimum atomic E-state index is -0.820. The van der Waals surface area contributed by atoms with Crippen molar-refractivity contribution in [3.05, 3.63) is 94.7 Å². The molecule has 32 heavy (non-hydrogen) atoms. The van der Waals surface area contributed by atoms with Crippen molar-refractivity contribution in [2.45, 2.75) is 12.5 Å². The van der Waals surface area contributed by atoms with Crippen LogP contribution in [0, 0.1) is 17.6 Å². The number of nitrogens with zero attached hydrogens (tertiary/aromatic N) is 4. The molecule has 0 spiro atoms. The number of carbonyl (C=O) groups excluding carboxylic acids is 1. The Labute approximate surface area is 180 Å². The first-order valence-corrected chi connectivity index (χ1v) is 9.89. The standard InChI is InChI=1S/C23H17F3N4O2/c1-29-22(26)17(10-27-29)18-12-30(11-13-4-2-3-5-15(13)18)23(31)20-9-21(32-28-20)16-7-6-14(24)8-19(16)25/h2-10,18H,11-12H2,1H3. The Hall–Kier alpha value is -3.88. The highest BCUT2D eigenvalue weighted by Gasteiger charge is 2.33. The molecule has 0 radical (unpaired) electrons.